The first kappa shape index (κ1) is 18.6. The van der Waals surface area contributed by atoms with E-state index in [1.165, 1.54) is 24.3 Å². The zero-order valence-corrected chi connectivity index (χ0v) is 15.6. The number of morpholine rings is 1. The van der Waals surface area contributed by atoms with E-state index in [-0.39, 0.29) is 24.2 Å². The Morgan fingerprint density at radius 2 is 1.75 bits per heavy atom. The Balaban J connectivity index is 1.59. The topological polar surface area (TPSA) is 49.9 Å². The molecule has 2 aliphatic heterocycles. The molecule has 2 aliphatic rings. The van der Waals surface area contributed by atoms with E-state index in [0.29, 0.717) is 31.7 Å². The third-order valence-corrected chi connectivity index (χ3v) is 5.48. The van der Waals surface area contributed by atoms with E-state index in [1.54, 1.807) is 9.80 Å². The molecule has 2 aromatic carbocycles. The van der Waals surface area contributed by atoms with Crippen LogP contribution < -0.4 is 4.90 Å². The van der Waals surface area contributed by atoms with Crippen LogP contribution >= 0.6 is 0 Å². The van der Waals surface area contributed by atoms with Gasteiger partial charge in [-0.3, -0.25) is 9.59 Å². The summed E-state index contributed by atoms with van der Waals surface area (Å²) in [6.45, 7) is 1.57. The average molecular weight is 382 g/mol. The molecular weight excluding hydrogens is 359 g/mol. The minimum absolute atomic E-state index is 0.0900. The smallest absolute Gasteiger partial charge is 0.261 e. The molecule has 0 saturated carbocycles. The van der Waals surface area contributed by atoms with Gasteiger partial charge < -0.3 is 14.5 Å². The molecule has 146 valence electrons. The van der Waals surface area contributed by atoms with E-state index >= 15 is 0 Å². The Kier molecular flexibility index (Phi) is 5.13. The summed E-state index contributed by atoms with van der Waals surface area (Å²) in [7, 11) is 0. The van der Waals surface area contributed by atoms with Crippen molar-refractivity contribution >= 4 is 17.5 Å². The van der Waals surface area contributed by atoms with Crippen LogP contribution in [0.4, 0.5) is 10.1 Å². The number of para-hydroxylation sites is 1. The molecule has 1 unspecified atom stereocenters. The van der Waals surface area contributed by atoms with Crippen LogP contribution in [0.5, 0.6) is 0 Å². The molecule has 6 heteroatoms. The van der Waals surface area contributed by atoms with Gasteiger partial charge >= 0.3 is 0 Å². The summed E-state index contributed by atoms with van der Waals surface area (Å²) in [5.41, 5.74) is 0.235. The minimum Gasteiger partial charge on any atom is -0.361 e. The number of carbonyl (C=O) groups excluding carboxylic acids is 2. The lowest BCUT2D eigenvalue weighted by Crippen LogP contribution is -2.61. The Morgan fingerprint density at radius 3 is 2.50 bits per heavy atom. The lowest BCUT2D eigenvalue weighted by atomic mass is 9.93. The van der Waals surface area contributed by atoms with Gasteiger partial charge in [0.2, 0.25) is 0 Å². The van der Waals surface area contributed by atoms with Crippen molar-refractivity contribution in [1.82, 2.24) is 4.90 Å². The van der Waals surface area contributed by atoms with Gasteiger partial charge in [-0.25, -0.2) is 4.39 Å². The summed E-state index contributed by atoms with van der Waals surface area (Å²) >= 11 is 0. The number of amides is 2. The average Bonchev–Trinajstić information content (AvgIpc) is 2.88. The lowest BCUT2D eigenvalue weighted by Gasteiger charge is -2.42. The fourth-order valence-corrected chi connectivity index (χ4v) is 4.00. The van der Waals surface area contributed by atoms with Gasteiger partial charge in [0, 0.05) is 24.3 Å². The van der Waals surface area contributed by atoms with E-state index in [9.17, 15) is 14.0 Å². The van der Waals surface area contributed by atoms with Crippen molar-refractivity contribution in [2.75, 3.05) is 31.1 Å². The number of ether oxygens (including phenoxy) is 1. The number of nitrogens with zero attached hydrogens (tertiary/aromatic N) is 2. The minimum atomic E-state index is -1.03. The number of benzene rings is 2. The molecule has 0 aliphatic carbocycles. The molecule has 2 saturated heterocycles. The van der Waals surface area contributed by atoms with E-state index in [0.717, 1.165) is 18.5 Å². The molecule has 28 heavy (non-hydrogen) atoms. The maximum absolute atomic E-state index is 13.5. The maximum atomic E-state index is 13.5. The molecule has 2 heterocycles. The Hall–Kier alpha value is -2.73. The van der Waals surface area contributed by atoms with E-state index in [1.807, 2.05) is 30.3 Å². The molecule has 2 aromatic rings. The summed E-state index contributed by atoms with van der Waals surface area (Å²) < 4.78 is 19.2. The zero-order valence-electron chi connectivity index (χ0n) is 15.6. The number of rotatable bonds is 2. The van der Waals surface area contributed by atoms with Crippen LogP contribution in [0.3, 0.4) is 0 Å². The molecule has 0 bridgehead atoms. The molecule has 1 spiro atoms. The van der Waals surface area contributed by atoms with Gasteiger partial charge in [-0.1, -0.05) is 18.2 Å². The normalized spacial score (nSPS) is 23.0. The van der Waals surface area contributed by atoms with Gasteiger partial charge in [-0.2, -0.15) is 0 Å². The second kappa shape index (κ2) is 7.72. The highest BCUT2D eigenvalue weighted by Gasteiger charge is 2.48. The van der Waals surface area contributed by atoms with Crippen LogP contribution in [0.25, 0.3) is 0 Å². The van der Waals surface area contributed by atoms with E-state index in [2.05, 4.69) is 0 Å². The third kappa shape index (κ3) is 3.52. The monoisotopic (exact) mass is 382 g/mol. The van der Waals surface area contributed by atoms with Gasteiger partial charge in [0.15, 0.2) is 5.60 Å². The number of anilines is 1. The predicted octanol–water partition coefficient (Wildman–Crippen LogP) is 3.25. The first-order chi connectivity index (χ1) is 13.6. The standard InChI is InChI=1S/C22H23FN2O3/c23-18-10-8-17(9-11-18)20(26)24-14-15-28-22(16-24)12-4-5-13-25(21(22)27)19-6-2-1-3-7-19/h1-3,6-11H,4-5,12-16H2. The van der Waals surface area contributed by atoms with Crippen LogP contribution in [-0.2, 0) is 9.53 Å². The Morgan fingerprint density at radius 1 is 1.00 bits per heavy atom. The zero-order chi connectivity index (χ0) is 19.6. The van der Waals surface area contributed by atoms with Crippen molar-refractivity contribution in [2.24, 2.45) is 0 Å². The number of halogens is 1. The lowest BCUT2D eigenvalue weighted by molar-refractivity contribution is -0.155. The summed E-state index contributed by atoms with van der Waals surface area (Å²) in [4.78, 5) is 29.8. The Labute approximate surface area is 163 Å². The van der Waals surface area contributed by atoms with Gasteiger partial charge in [-0.15, -0.1) is 0 Å². The second-order valence-corrected chi connectivity index (χ2v) is 7.33. The van der Waals surface area contributed by atoms with Gasteiger partial charge in [0.05, 0.1) is 13.2 Å². The highest BCUT2D eigenvalue weighted by Crippen LogP contribution is 2.32. The first-order valence-corrected chi connectivity index (χ1v) is 9.65. The molecule has 2 amide bonds. The third-order valence-electron chi connectivity index (χ3n) is 5.48. The number of hydrogen-bond donors (Lipinski definition) is 0. The fraction of sp³-hybridized carbons (Fsp3) is 0.364. The molecule has 4 rings (SSSR count). The Bertz CT molecular complexity index is 856. The molecule has 0 aromatic heterocycles. The first-order valence-electron chi connectivity index (χ1n) is 9.65. The molecule has 5 nitrogen and oxygen atoms in total. The van der Waals surface area contributed by atoms with Crippen molar-refractivity contribution < 1.29 is 18.7 Å². The molecule has 2 fully saturated rings. The molecule has 0 radical (unpaired) electrons. The highest BCUT2D eigenvalue weighted by atomic mass is 19.1. The van der Waals surface area contributed by atoms with Crippen LogP contribution in [0.15, 0.2) is 54.6 Å². The summed E-state index contributed by atoms with van der Waals surface area (Å²) in [6, 6.07) is 15.1. The quantitative estimate of drug-likeness (QED) is 0.801. The van der Waals surface area contributed by atoms with E-state index < -0.39 is 5.60 Å². The van der Waals surface area contributed by atoms with Crippen LogP contribution in [0.1, 0.15) is 29.6 Å². The SMILES string of the molecule is O=C(c1ccc(F)cc1)N1CCOC2(CCCCN(c3ccccc3)C2=O)C1. The van der Waals surface area contributed by atoms with Gasteiger partial charge in [0.1, 0.15) is 5.82 Å². The van der Waals surface area contributed by atoms with Crippen molar-refractivity contribution in [2.45, 2.75) is 24.9 Å². The molecule has 0 N–H and O–H groups in total. The van der Waals surface area contributed by atoms with Crippen molar-refractivity contribution in [3.63, 3.8) is 0 Å². The number of carbonyl (C=O) groups is 2. The maximum Gasteiger partial charge on any atom is 0.261 e. The van der Waals surface area contributed by atoms with Crippen LogP contribution in [0.2, 0.25) is 0 Å². The molecule has 1 atom stereocenters. The largest absolute Gasteiger partial charge is 0.361 e. The van der Waals surface area contributed by atoms with Crippen LogP contribution in [0, 0.1) is 5.82 Å². The fourth-order valence-electron chi connectivity index (χ4n) is 4.00. The van der Waals surface area contributed by atoms with Gasteiger partial charge in [-0.05, 0) is 55.7 Å². The van der Waals surface area contributed by atoms with Crippen LogP contribution in [-0.4, -0.2) is 48.6 Å². The second-order valence-electron chi connectivity index (χ2n) is 7.33. The summed E-state index contributed by atoms with van der Waals surface area (Å²) in [5, 5.41) is 0. The molecular formula is C22H23FN2O3. The predicted molar refractivity (Wildman–Crippen MR) is 104 cm³/mol. The summed E-state index contributed by atoms with van der Waals surface area (Å²) in [5.74, 6) is -0.675. The van der Waals surface area contributed by atoms with Crippen molar-refractivity contribution in [1.29, 1.82) is 0 Å². The highest BCUT2D eigenvalue weighted by molar-refractivity contribution is 6.01. The van der Waals surface area contributed by atoms with E-state index in [4.69, 9.17) is 4.74 Å². The number of hydrogen-bond acceptors (Lipinski definition) is 3. The van der Waals surface area contributed by atoms with Crippen molar-refractivity contribution in [3.05, 3.63) is 66.0 Å². The van der Waals surface area contributed by atoms with Gasteiger partial charge in [0.25, 0.3) is 11.8 Å². The summed E-state index contributed by atoms with van der Waals surface area (Å²) in [6.07, 6.45) is 2.33. The van der Waals surface area contributed by atoms with Crippen molar-refractivity contribution in [3.8, 4) is 0 Å².